The summed E-state index contributed by atoms with van der Waals surface area (Å²) in [5.41, 5.74) is 1.97. The first kappa shape index (κ1) is 19.2. The van der Waals surface area contributed by atoms with Gasteiger partial charge in [0.1, 0.15) is 18.1 Å². The molecule has 25 heavy (non-hydrogen) atoms. The molecule has 2 rings (SSSR count). The summed E-state index contributed by atoms with van der Waals surface area (Å²) in [4.78, 5) is 11.5. The van der Waals surface area contributed by atoms with Crippen LogP contribution in [-0.2, 0) is 16.1 Å². The Hall–Kier alpha value is -2.17. The lowest BCUT2D eigenvalue weighted by Gasteiger charge is -2.14. The zero-order valence-electron chi connectivity index (χ0n) is 13.9. The lowest BCUT2D eigenvalue weighted by molar-refractivity contribution is -0.137. The molecule has 2 aromatic rings. The van der Waals surface area contributed by atoms with Gasteiger partial charge in [0, 0.05) is 32.8 Å². The van der Waals surface area contributed by atoms with E-state index in [0.29, 0.717) is 33.5 Å². The van der Waals surface area contributed by atoms with E-state index in [-0.39, 0.29) is 12.4 Å². The Morgan fingerprint density at radius 2 is 2.00 bits per heavy atom. The van der Waals surface area contributed by atoms with Crippen molar-refractivity contribution in [3.8, 4) is 11.5 Å². The highest BCUT2D eigenvalue weighted by atomic mass is 35.5. The molecule has 4 nitrogen and oxygen atoms in total. The summed E-state index contributed by atoms with van der Waals surface area (Å²) in [6.45, 7) is 3.97. The number of ether oxygens (including phenoxy) is 2. The number of benzene rings is 2. The summed E-state index contributed by atoms with van der Waals surface area (Å²) < 4.78 is 10.7. The van der Waals surface area contributed by atoms with Gasteiger partial charge in [0.25, 0.3) is 0 Å². The number of aromatic hydroxyl groups is 1. The van der Waals surface area contributed by atoms with Crippen LogP contribution in [0.5, 0.6) is 11.5 Å². The van der Waals surface area contributed by atoms with Crippen molar-refractivity contribution in [1.82, 2.24) is 0 Å². The van der Waals surface area contributed by atoms with Gasteiger partial charge in [-0.2, -0.15) is 0 Å². The van der Waals surface area contributed by atoms with Crippen molar-refractivity contribution >= 4 is 35.2 Å². The van der Waals surface area contributed by atoms with E-state index < -0.39 is 5.97 Å². The zero-order chi connectivity index (χ0) is 18.4. The third-order valence-electron chi connectivity index (χ3n) is 3.48. The molecule has 1 N–H and O–H groups in total. The summed E-state index contributed by atoms with van der Waals surface area (Å²) >= 11 is 12.0. The summed E-state index contributed by atoms with van der Waals surface area (Å²) in [7, 11) is 0. The molecule has 0 saturated carbocycles. The SMILES string of the molecule is CCOC(=O)/C=C/c1ccc(O)c(C)c1OCc1ccc(Cl)cc1Cl. The molecule has 0 spiro atoms. The van der Waals surface area contributed by atoms with E-state index in [1.165, 1.54) is 6.08 Å². The van der Waals surface area contributed by atoms with Crippen LogP contribution >= 0.6 is 23.2 Å². The average Bonchev–Trinajstić information content (AvgIpc) is 2.56. The van der Waals surface area contributed by atoms with Crippen molar-refractivity contribution in [3.05, 3.63) is 63.1 Å². The molecule has 0 unspecified atom stereocenters. The third kappa shape index (κ3) is 5.15. The average molecular weight is 381 g/mol. The molecule has 0 fully saturated rings. The molecule has 6 heteroatoms. The molecule has 132 valence electrons. The number of halogens is 2. The van der Waals surface area contributed by atoms with Crippen LogP contribution in [0.2, 0.25) is 10.0 Å². The molecular weight excluding hydrogens is 363 g/mol. The fourth-order valence-corrected chi connectivity index (χ4v) is 2.62. The molecule has 0 atom stereocenters. The smallest absolute Gasteiger partial charge is 0.330 e. The van der Waals surface area contributed by atoms with Gasteiger partial charge in [-0.15, -0.1) is 0 Å². The number of esters is 1. The molecule has 0 saturated heterocycles. The van der Waals surface area contributed by atoms with Gasteiger partial charge >= 0.3 is 5.97 Å². The van der Waals surface area contributed by atoms with Crippen molar-refractivity contribution in [2.75, 3.05) is 6.61 Å². The van der Waals surface area contributed by atoms with Gasteiger partial charge in [-0.25, -0.2) is 4.79 Å². The van der Waals surface area contributed by atoms with Crippen molar-refractivity contribution in [2.24, 2.45) is 0 Å². The van der Waals surface area contributed by atoms with Gasteiger partial charge in [-0.1, -0.05) is 29.3 Å². The maximum Gasteiger partial charge on any atom is 0.330 e. The van der Waals surface area contributed by atoms with Crippen LogP contribution in [0.3, 0.4) is 0 Å². The zero-order valence-corrected chi connectivity index (χ0v) is 15.4. The van der Waals surface area contributed by atoms with Gasteiger partial charge in [-0.3, -0.25) is 0 Å². The van der Waals surface area contributed by atoms with E-state index in [1.54, 1.807) is 50.3 Å². The lowest BCUT2D eigenvalue weighted by atomic mass is 10.1. The summed E-state index contributed by atoms with van der Waals surface area (Å²) in [5.74, 6) is 0.122. The van der Waals surface area contributed by atoms with Crippen LogP contribution in [0.25, 0.3) is 6.08 Å². The molecule has 0 aliphatic rings. The Labute approximate surface area is 156 Å². The largest absolute Gasteiger partial charge is 0.508 e. The molecule has 0 heterocycles. The van der Waals surface area contributed by atoms with E-state index in [2.05, 4.69) is 0 Å². The molecule has 0 aliphatic heterocycles. The predicted molar refractivity (Wildman–Crippen MR) is 99.3 cm³/mol. The highest BCUT2D eigenvalue weighted by Gasteiger charge is 2.11. The number of carbonyl (C=O) groups excluding carboxylic acids is 1. The molecular formula is C19H18Cl2O4. The fraction of sp³-hybridized carbons (Fsp3) is 0.211. The van der Waals surface area contributed by atoms with Crippen molar-refractivity contribution < 1.29 is 19.4 Å². The van der Waals surface area contributed by atoms with Crippen molar-refractivity contribution in [3.63, 3.8) is 0 Å². The summed E-state index contributed by atoms with van der Waals surface area (Å²) in [5, 5.41) is 11.0. The monoisotopic (exact) mass is 380 g/mol. The second-order valence-electron chi connectivity index (χ2n) is 5.24. The van der Waals surface area contributed by atoms with Crippen LogP contribution in [0, 0.1) is 6.92 Å². The second-order valence-corrected chi connectivity index (χ2v) is 6.08. The third-order valence-corrected chi connectivity index (χ3v) is 4.07. The van der Waals surface area contributed by atoms with Crippen LogP contribution in [0.15, 0.2) is 36.4 Å². The van der Waals surface area contributed by atoms with E-state index in [0.717, 1.165) is 5.56 Å². The predicted octanol–water partition coefficient (Wildman–Crippen LogP) is 5.16. The van der Waals surface area contributed by atoms with Gasteiger partial charge in [-0.05, 0) is 44.2 Å². The minimum absolute atomic E-state index is 0.102. The maximum absolute atomic E-state index is 11.5. The van der Waals surface area contributed by atoms with E-state index >= 15 is 0 Å². The van der Waals surface area contributed by atoms with Crippen molar-refractivity contribution in [2.45, 2.75) is 20.5 Å². The minimum Gasteiger partial charge on any atom is -0.508 e. The molecule has 0 amide bonds. The number of phenolic OH excluding ortho intramolecular Hbond substituents is 1. The van der Waals surface area contributed by atoms with Crippen molar-refractivity contribution in [1.29, 1.82) is 0 Å². The standard InChI is InChI=1S/C19H18Cl2O4/c1-3-24-18(23)9-6-13-5-8-17(22)12(2)19(13)25-11-14-4-7-15(20)10-16(14)21/h4-10,22H,3,11H2,1-2H3/b9-6+. The molecule has 2 aromatic carbocycles. The topological polar surface area (TPSA) is 55.8 Å². The Morgan fingerprint density at radius 1 is 1.24 bits per heavy atom. The Morgan fingerprint density at radius 3 is 2.68 bits per heavy atom. The lowest BCUT2D eigenvalue weighted by Crippen LogP contribution is -2.01. The Kier molecular flexibility index (Phi) is 6.73. The van der Waals surface area contributed by atoms with E-state index in [1.807, 2.05) is 0 Å². The molecule has 0 aliphatic carbocycles. The van der Waals surface area contributed by atoms with Gasteiger partial charge < -0.3 is 14.6 Å². The van der Waals surface area contributed by atoms with E-state index in [9.17, 15) is 9.90 Å². The number of phenols is 1. The van der Waals surface area contributed by atoms with Gasteiger partial charge in [0.15, 0.2) is 0 Å². The van der Waals surface area contributed by atoms with Crippen LogP contribution in [0.4, 0.5) is 0 Å². The number of hydrogen-bond donors (Lipinski definition) is 1. The van der Waals surface area contributed by atoms with E-state index in [4.69, 9.17) is 32.7 Å². The van der Waals surface area contributed by atoms with Gasteiger partial charge in [0.05, 0.1) is 6.61 Å². The highest BCUT2D eigenvalue weighted by Crippen LogP contribution is 2.33. The Bertz CT molecular complexity index is 800. The normalized spacial score (nSPS) is 10.9. The minimum atomic E-state index is -0.445. The van der Waals surface area contributed by atoms with Gasteiger partial charge in [0.2, 0.25) is 0 Å². The molecule has 0 radical (unpaired) electrons. The Balaban J connectivity index is 2.26. The van der Waals surface area contributed by atoms with Crippen LogP contribution in [-0.4, -0.2) is 17.7 Å². The van der Waals surface area contributed by atoms with Crippen LogP contribution < -0.4 is 4.74 Å². The first-order chi connectivity index (χ1) is 11.9. The maximum atomic E-state index is 11.5. The highest BCUT2D eigenvalue weighted by molar-refractivity contribution is 6.35. The first-order valence-corrected chi connectivity index (χ1v) is 8.42. The molecule has 0 aromatic heterocycles. The summed E-state index contributed by atoms with van der Waals surface area (Å²) in [6.07, 6.45) is 2.90. The number of hydrogen-bond acceptors (Lipinski definition) is 4. The van der Waals surface area contributed by atoms with Crippen LogP contribution in [0.1, 0.15) is 23.6 Å². The number of carbonyl (C=O) groups is 1. The number of rotatable bonds is 6. The fourth-order valence-electron chi connectivity index (χ4n) is 2.16. The first-order valence-electron chi connectivity index (χ1n) is 7.66. The molecule has 0 bridgehead atoms. The quantitative estimate of drug-likeness (QED) is 0.555. The summed E-state index contributed by atoms with van der Waals surface area (Å²) in [6, 6.07) is 8.35. The second kappa shape index (κ2) is 8.79.